The quantitative estimate of drug-likeness (QED) is 0.0601. The normalized spacial score (nSPS) is 26.9. The molecule has 10 N–H and O–H groups in total. The average molecular weight is 1230 g/mol. The Bertz CT molecular complexity index is 1690. The first-order valence-corrected chi connectivity index (χ1v) is 35.5. The number of nitrogens with zero attached hydrogens (tertiary/aromatic N) is 2. The van der Waals surface area contributed by atoms with Gasteiger partial charge < -0.3 is 62.6 Å². The van der Waals surface area contributed by atoms with Crippen LogP contribution in [0.2, 0.25) is 0 Å². The van der Waals surface area contributed by atoms with Crippen molar-refractivity contribution in [2.45, 2.75) is 187 Å². The Morgan fingerprint density at radius 2 is 0.703 bits per heavy atom. The third-order valence-corrected chi connectivity index (χ3v) is 16.7. The molecule has 8 rings (SSSR count). The molecule has 0 aromatic carbocycles. The van der Waals surface area contributed by atoms with E-state index in [1.54, 1.807) is 23.5 Å². The van der Waals surface area contributed by atoms with E-state index in [1.807, 2.05) is 0 Å². The summed E-state index contributed by atoms with van der Waals surface area (Å²) in [5, 5.41) is 36.5. The third kappa shape index (κ3) is 23.6. The number of halogens is 4. The first kappa shape index (κ1) is 62.6. The Kier molecular flexibility index (Phi) is 31.6. The molecule has 4 heterocycles. The second kappa shape index (κ2) is 37.4. The maximum atomic E-state index is 12.5. The summed E-state index contributed by atoms with van der Waals surface area (Å²) in [6.07, 6.45) is 18.7. The topological polar surface area (TPSA) is 199 Å². The number of nitrogens with one attached hydrogen (secondary N) is 10. The summed E-state index contributed by atoms with van der Waals surface area (Å²) in [7, 11) is 19.2. The van der Waals surface area contributed by atoms with Crippen LogP contribution in [0.1, 0.15) is 126 Å². The molecule has 2 aliphatic heterocycles. The summed E-state index contributed by atoms with van der Waals surface area (Å²) in [5.41, 5.74) is 4.22. The van der Waals surface area contributed by atoms with E-state index in [-0.39, 0.29) is 39.5 Å². The zero-order valence-corrected chi connectivity index (χ0v) is 49.8. The number of amides is 2. The molecular weight excluding hydrogens is 1150 g/mol. The molecule has 24 heteroatoms. The van der Waals surface area contributed by atoms with Gasteiger partial charge in [0.2, 0.25) is 0 Å². The van der Waals surface area contributed by atoms with Crippen molar-refractivity contribution < 1.29 is 45.3 Å². The number of carbonyl (C=O) groups is 2. The maximum absolute atomic E-state index is 12.5. The SMILES string of the molecule is O=C(NCCSc1cc2nc(c1)CN[C@@H]1CCCC[C@H]1NCCN[C@@H]1CCCC[C@H]1NC2)OCCOC(=O)NCCSc1cc2nc(c1)CN[C@@H]1CCCC[C@H]1NCCN[C@@H]1CCCC[C@H]1NC2.[Cl][Mn][Cl].[Cl][Mn][Cl]. The van der Waals surface area contributed by atoms with Gasteiger partial charge in [0.15, 0.2) is 0 Å². The molecule has 0 saturated heterocycles. The Morgan fingerprint density at radius 3 is 0.959 bits per heavy atom. The predicted octanol–water partition coefficient (Wildman–Crippen LogP) is 7.56. The zero-order valence-electron chi connectivity index (χ0n) is 42.8. The molecule has 4 bridgehead atoms. The summed E-state index contributed by atoms with van der Waals surface area (Å²) in [6.45, 7) is 7.78. The first-order chi connectivity index (χ1) is 36.3. The van der Waals surface area contributed by atoms with Crippen LogP contribution in [-0.4, -0.2) is 134 Å². The molecule has 420 valence electrons. The Labute approximate surface area is 478 Å². The van der Waals surface area contributed by atoms with E-state index in [2.05, 4.69) is 77.4 Å². The van der Waals surface area contributed by atoms with Crippen LogP contribution < -0.4 is 53.2 Å². The van der Waals surface area contributed by atoms with Crippen molar-refractivity contribution in [1.29, 1.82) is 0 Å². The van der Waals surface area contributed by atoms with E-state index in [0.29, 0.717) is 72.9 Å². The number of thioether (sulfide) groups is 2. The van der Waals surface area contributed by atoms with E-state index in [0.717, 1.165) is 84.9 Å². The van der Waals surface area contributed by atoms with Crippen molar-refractivity contribution in [1.82, 2.24) is 63.1 Å². The minimum atomic E-state index is -0.523. The van der Waals surface area contributed by atoms with Crippen LogP contribution >= 0.6 is 63.9 Å². The standard InChI is InChI=1S/C50H82N12O4S2.4ClH.2Mn/c63-49(55-21-25-67-39-27-35-31-57-45-13-5-1-9-41(45)51-17-18-52-42-10-2-6-14-46(42)58-32-36(28-39)61-35)65-23-24-66-50(64)56-22-26-68-40-29-37-33-59-47-15-7-3-11-43(47)53-19-20-54-44-12-4-8-16-48(44)60-34-38(30-40)62-37;;;;;;/h27-30,41-48,51-54,57-60H,1-26,31-34H2,(H,55,63)(H,56,64);4*1H;;/q;;;;;2*+2/p-4/t41-,42-,43-,44-,45-,46-,47-,48-;;;;;;/m1....../s1. The van der Waals surface area contributed by atoms with Gasteiger partial charge in [-0.25, -0.2) is 9.59 Å². The molecule has 0 spiro atoms. The fourth-order valence-corrected chi connectivity index (χ4v) is 13.0. The van der Waals surface area contributed by atoms with Crippen molar-refractivity contribution in [2.24, 2.45) is 0 Å². The van der Waals surface area contributed by atoms with Crippen molar-refractivity contribution in [3.05, 3.63) is 47.0 Å². The van der Waals surface area contributed by atoms with Gasteiger partial charge in [0.1, 0.15) is 13.2 Å². The molecule has 2 amide bonds. The number of ether oxygens (including phenoxy) is 2. The van der Waals surface area contributed by atoms with Crippen LogP contribution in [0, 0.1) is 0 Å². The van der Waals surface area contributed by atoms with Gasteiger partial charge in [-0.05, 0) is 75.6 Å². The molecule has 0 radical (unpaired) electrons. The van der Waals surface area contributed by atoms with Crippen LogP contribution in [0.25, 0.3) is 0 Å². The van der Waals surface area contributed by atoms with Gasteiger partial charge in [-0.1, -0.05) is 51.4 Å². The molecule has 0 unspecified atom stereocenters. The van der Waals surface area contributed by atoms with E-state index in [4.69, 9.17) is 59.8 Å². The summed E-state index contributed by atoms with van der Waals surface area (Å²) in [4.78, 5) is 37.5. The number of hydrogen-bond donors (Lipinski definition) is 10. The van der Waals surface area contributed by atoms with Crippen LogP contribution in [0.4, 0.5) is 9.59 Å². The molecule has 8 atom stereocenters. The average Bonchev–Trinajstić information content (AvgIpc) is 3.42. The van der Waals surface area contributed by atoms with Gasteiger partial charge >= 0.3 is 78.8 Å². The van der Waals surface area contributed by atoms with Crippen molar-refractivity contribution in [2.75, 3.05) is 64.0 Å². The number of rotatable bonds is 11. The summed E-state index contributed by atoms with van der Waals surface area (Å²) in [6, 6.07) is 12.4. The Morgan fingerprint density at radius 1 is 0.459 bits per heavy atom. The van der Waals surface area contributed by atoms with Crippen molar-refractivity contribution in [3.63, 3.8) is 0 Å². The minimum absolute atomic E-state index is 0.00694. The molecule has 2 aromatic rings. The Balaban J connectivity index is 0.00000142. The van der Waals surface area contributed by atoms with Crippen LogP contribution in [0.15, 0.2) is 34.1 Å². The van der Waals surface area contributed by atoms with Crippen LogP contribution in [0.5, 0.6) is 0 Å². The van der Waals surface area contributed by atoms with Gasteiger partial charge in [0.05, 0.1) is 22.8 Å². The number of pyridine rings is 2. The van der Waals surface area contributed by atoms with E-state index < -0.39 is 12.2 Å². The van der Waals surface area contributed by atoms with Gasteiger partial charge in [-0.2, -0.15) is 0 Å². The van der Waals surface area contributed by atoms with Crippen molar-refractivity contribution in [3.8, 4) is 0 Å². The number of hydrogen-bond acceptors (Lipinski definition) is 16. The molecule has 16 nitrogen and oxygen atoms in total. The first-order valence-electron chi connectivity index (χ1n) is 27.0. The van der Waals surface area contributed by atoms with Gasteiger partial charge in [0, 0.05) is 135 Å². The van der Waals surface area contributed by atoms with E-state index in [1.165, 1.54) is 103 Å². The van der Waals surface area contributed by atoms with Crippen LogP contribution in [-0.2, 0) is 61.9 Å². The zero-order chi connectivity index (χ0) is 52.0. The Hall–Kier alpha value is -0.581. The van der Waals surface area contributed by atoms with E-state index in [9.17, 15) is 9.59 Å². The van der Waals surface area contributed by atoms with Gasteiger partial charge in [-0.3, -0.25) is 9.97 Å². The van der Waals surface area contributed by atoms with Gasteiger partial charge in [-0.15, -0.1) is 23.5 Å². The molecule has 6 aliphatic rings. The summed E-state index contributed by atoms with van der Waals surface area (Å²) >= 11 is 3.43. The number of alkyl carbamates (subject to hydrolysis) is 2. The van der Waals surface area contributed by atoms with E-state index >= 15 is 0 Å². The molecular formula is C50H82Cl4Mn2N12O4S2. The summed E-state index contributed by atoms with van der Waals surface area (Å²) in [5.74, 6) is 1.37. The predicted molar refractivity (Wildman–Crippen MR) is 296 cm³/mol. The second-order valence-electron chi connectivity index (χ2n) is 19.8. The van der Waals surface area contributed by atoms with Crippen molar-refractivity contribution >= 4 is 76.1 Å². The number of aromatic nitrogens is 2. The molecule has 4 aliphatic carbocycles. The second-order valence-corrected chi connectivity index (χ2v) is 26.1. The number of fused-ring (bicyclic) bond motifs is 8. The third-order valence-electron chi connectivity index (χ3n) is 14.8. The fourth-order valence-electron chi connectivity index (χ4n) is 11.2. The molecule has 74 heavy (non-hydrogen) atoms. The fraction of sp³-hybridized carbons (Fsp3) is 0.760. The molecule has 2 aromatic heterocycles. The summed E-state index contributed by atoms with van der Waals surface area (Å²) < 4.78 is 10.6. The van der Waals surface area contributed by atoms with Gasteiger partial charge in [0.25, 0.3) is 0 Å². The van der Waals surface area contributed by atoms with Crippen LogP contribution in [0.3, 0.4) is 0 Å². The number of carbonyl (C=O) groups excluding carboxylic acids is 2. The molecule has 4 saturated carbocycles. The monoisotopic (exact) mass is 1230 g/mol. The molecule has 4 fully saturated rings.